The molecule has 1 unspecified atom stereocenters. The van der Waals surface area contributed by atoms with Crippen LogP contribution < -0.4 is 0 Å². The third-order valence-corrected chi connectivity index (χ3v) is 9.82. The van der Waals surface area contributed by atoms with E-state index in [4.69, 9.17) is 0 Å². The van der Waals surface area contributed by atoms with Crippen LogP contribution in [-0.2, 0) is 0 Å². The Morgan fingerprint density at radius 1 is 0.310 bits per heavy atom. The topological polar surface area (TPSA) is 6.48 Å². The Labute approximate surface area is 267 Å². The molecule has 0 radical (unpaired) electrons. The first kappa shape index (κ1) is 39.4. The molecule has 0 aromatic heterocycles. The lowest BCUT2D eigenvalue weighted by Gasteiger charge is -2.33. The van der Waals surface area contributed by atoms with Crippen molar-refractivity contribution in [2.24, 2.45) is 0 Å². The SMILES string of the molecule is CCCCCCCCCCCCCCCN1C=CN(CCCCCCCCCCCC)C1CCCCCCCCCC. The van der Waals surface area contributed by atoms with Crippen molar-refractivity contribution in [3.05, 3.63) is 12.4 Å². The molecule has 1 rings (SSSR count). The zero-order valence-corrected chi connectivity index (χ0v) is 29.7. The van der Waals surface area contributed by atoms with E-state index >= 15 is 0 Å². The summed E-state index contributed by atoms with van der Waals surface area (Å²) in [5.74, 6) is 0. The molecule has 0 amide bonds. The first-order valence-corrected chi connectivity index (χ1v) is 20.0. The fourth-order valence-electron chi connectivity index (χ4n) is 6.89. The van der Waals surface area contributed by atoms with E-state index in [0.29, 0.717) is 6.17 Å². The van der Waals surface area contributed by atoms with Crippen molar-refractivity contribution in [1.82, 2.24) is 9.80 Å². The molecule has 0 saturated heterocycles. The van der Waals surface area contributed by atoms with Gasteiger partial charge in [0.15, 0.2) is 0 Å². The van der Waals surface area contributed by atoms with Crippen molar-refractivity contribution in [2.45, 2.75) is 232 Å². The van der Waals surface area contributed by atoms with Gasteiger partial charge in [0.2, 0.25) is 0 Å². The second kappa shape index (κ2) is 31.8. The normalized spacial score (nSPS) is 15.0. The molecule has 1 atom stereocenters. The van der Waals surface area contributed by atoms with Gasteiger partial charge in [-0.1, -0.05) is 201 Å². The molecule has 250 valence electrons. The van der Waals surface area contributed by atoms with Gasteiger partial charge >= 0.3 is 0 Å². The zero-order chi connectivity index (χ0) is 30.2. The third-order valence-electron chi connectivity index (χ3n) is 9.82. The standard InChI is InChI=1S/C40H80N2/c1-4-7-10-13-16-19-21-22-23-25-28-31-34-37-42-39-38-41(36-33-30-27-24-20-17-14-11-8-5-2)40(42)35-32-29-26-18-15-12-9-6-3/h38-40H,4-37H2,1-3H3. The maximum Gasteiger partial charge on any atom is 0.101 e. The predicted octanol–water partition coefficient (Wildman–Crippen LogP) is 13.9. The van der Waals surface area contributed by atoms with Gasteiger partial charge in [-0.2, -0.15) is 0 Å². The van der Waals surface area contributed by atoms with E-state index in [0.717, 1.165) is 0 Å². The fraction of sp³-hybridized carbons (Fsp3) is 0.950. The van der Waals surface area contributed by atoms with Gasteiger partial charge < -0.3 is 9.80 Å². The van der Waals surface area contributed by atoms with Crippen molar-refractivity contribution in [1.29, 1.82) is 0 Å². The van der Waals surface area contributed by atoms with Crippen LogP contribution in [0.2, 0.25) is 0 Å². The highest BCUT2D eigenvalue weighted by molar-refractivity contribution is 4.97. The minimum Gasteiger partial charge on any atom is -0.356 e. The van der Waals surface area contributed by atoms with E-state index in [1.54, 1.807) is 0 Å². The zero-order valence-electron chi connectivity index (χ0n) is 29.7. The highest BCUT2D eigenvalue weighted by Gasteiger charge is 2.24. The molecule has 0 aliphatic carbocycles. The molecule has 1 heterocycles. The van der Waals surface area contributed by atoms with Crippen LogP contribution in [0.4, 0.5) is 0 Å². The highest BCUT2D eigenvalue weighted by Crippen LogP contribution is 2.24. The van der Waals surface area contributed by atoms with Gasteiger partial charge in [0, 0.05) is 25.5 Å². The van der Waals surface area contributed by atoms with Crippen LogP contribution >= 0.6 is 0 Å². The summed E-state index contributed by atoms with van der Waals surface area (Å²) in [4.78, 5) is 5.43. The summed E-state index contributed by atoms with van der Waals surface area (Å²) < 4.78 is 0. The Morgan fingerprint density at radius 3 is 0.833 bits per heavy atom. The third kappa shape index (κ3) is 23.8. The van der Waals surface area contributed by atoms with Crippen molar-refractivity contribution < 1.29 is 0 Å². The Bertz CT molecular complexity index is 544. The lowest BCUT2D eigenvalue weighted by Crippen LogP contribution is -2.39. The molecular weight excluding hydrogens is 508 g/mol. The molecule has 42 heavy (non-hydrogen) atoms. The van der Waals surface area contributed by atoms with E-state index in [1.165, 1.54) is 219 Å². The van der Waals surface area contributed by atoms with E-state index in [2.05, 4.69) is 43.0 Å². The molecular formula is C40H80N2. The average molecular weight is 589 g/mol. The van der Waals surface area contributed by atoms with Gasteiger partial charge in [0.05, 0.1) is 0 Å². The minimum atomic E-state index is 0.640. The lowest BCUT2D eigenvalue weighted by molar-refractivity contribution is 0.135. The summed E-state index contributed by atoms with van der Waals surface area (Å²) in [5, 5.41) is 0. The fourth-order valence-corrected chi connectivity index (χ4v) is 6.89. The van der Waals surface area contributed by atoms with E-state index < -0.39 is 0 Å². The van der Waals surface area contributed by atoms with Crippen molar-refractivity contribution in [3.63, 3.8) is 0 Å². The Balaban J connectivity index is 2.20. The van der Waals surface area contributed by atoms with Crippen LogP contribution in [0.25, 0.3) is 0 Å². The molecule has 0 spiro atoms. The lowest BCUT2D eigenvalue weighted by atomic mass is 10.0. The van der Waals surface area contributed by atoms with Gasteiger partial charge in [0.25, 0.3) is 0 Å². The molecule has 0 bridgehead atoms. The highest BCUT2D eigenvalue weighted by atomic mass is 15.4. The summed E-state index contributed by atoms with van der Waals surface area (Å²) in [5.41, 5.74) is 0. The number of rotatable bonds is 34. The first-order valence-electron chi connectivity index (χ1n) is 20.0. The van der Waals surface area contributed by atoms with E-state index in [1.807, 2.05) is 0 Å². The second-order valence-electron chi connectivity index (χ2n) is 13.9. The van der Waals surface area contributed by atoms with Gasteiger partial charge in [-0.25, -0.2) is 0 Å². The van der Waals surface area contributed by atoms with Crippen molar-refractivity contribution in [2.75, 3.05) is 13.1 Å². The monoisotopic (exact) mass is 589 g/mol. The molecule has 0 aromatic rings. The summed E-state index contributed by atoms with van der Waals surface area (Å²) in [6, 6.07) is 0. The minimum absolute atomic E-state index is 0.640. The predicted molar refractivity (Wildman–Crippen MR) is 191 cm³/mol. The van der Waals surface area contributed by atoms with Gasteiger partial charge in [0.1, 0.15) is 6.17 Å². The van der Waals surface area contributed by atoms with Crippen LogP contribution in [0.5, 0.6) is 0 Å². The van der Waals surface area contributed by atoms with Crippen molar-refractivity contribution in [3.8, 4) is 0 Å². The molecule has 0 saturated carbocycles. The molecule has 2 heteroatoms. The molecule has 0 N–H and O–H groups in total. The summed E-state index contributed by atoms with van der Waals surface area (Å²) in [6.45, 7) is 9.48. The van der Waals surface area contributed by atoms with E-state index in [-0.39, 0.29) is 0 Å². The van der Waals surface area contributed by atoms with Gasteiger partial charge in [-0.05, 0) is 25.7 Å². The average Bonchev–Trinajstić information content (AvgIpc) is 3.38. The Morgan fingerprint density at radius 2 is 0.548 bits per heavy atom. The van der Waals surface area contributed by atoms with Crippen LogP contribution in [0.1, 0.15) is 226 Å². The molecule has 0 aromatic carbocycles. The Hall–Kier alpha value is -0.660. The summed E-state index contributed by atoms with van der Waals surface area (Å²) in [7, 11) is 0. The Kier molecular flexibility index (Phi) is 29.8. The van der Waals surface area contributed by atoms with Gasteiger partial charge in [-0.3, -0.25) is 0 Å². The summed E-state index contributed by atoms with van der Waals surface area (Å²) >= 11 is 0. The smallest absolute Gasteiger partial charge is 0.101 e. The first-order chi connectivity index (χ1) is 20.8. The maximum atomic E-state index is 2.72. The molecule has 2 nitrogen and oxygen atoms in total. The van der Waals surface area contributed by atoms with Crippen LogP contribution in [0.15, 0.2) is 12.4 Å². The molecule has 0 fully saturated rings. The maximum absolute atomic E-state index is 2.72. The quantitative estimate of drug-likeness (QED) is 0.0690. The number of unbranched alkanes of at least 4 members (excludes halogenated alkanes) is 28. The number of hydrogen-bond donors (Lipinski definition) is 0. The van der Waals surface area contributed by atoms with Gasteiger partial charge in [-0.15, -0.1) is 0 Å². The molecule has 1 aliphatic rings. The van der Waals surface area contributed by atoms with E-state index in [9.17, 15) is 0 Å². The largest absolute Gasteiger partial charge is 0.356 e. The number of nitrogens with zero attached hydrogens (tertiary/aromatic N) is 2. The summed E-state index contributed by atoms with van der Waals surface area (Å²) in [6.07, 6.45) is 51.4. The second-order valence-corrected chi connectivity index (χ2v) is 13.9. The van der Waals surface area contributed by atoms with Crippen molar-refractivity contribution >= 4 is 0 Å². The van der Waals surface area contributed by atoms with Crippen LogP contribution in [0, 0.1) is 0 Å². The van der Waals surface area contributed by atoms with Crippen LogP contribution in [-0.4, -0.2) is 29.1 Å². The number of hydrogen-bond acceptors (Lipinski definition) is 2. The molecule has 1 aliphatic heterocycles. The van der Waals surface area contributed by atoms with Crippen LogP contribution in [0.3, 0.4) is 0 Å².